The van der Waals surface area contributed by atoms with Crippen LogP contribution in [0.5, 0.6) is 0 Å². The van der Waals surface area contributed by atoms with Crippen molar-refractivity contribution in [2.75, 3.05) is 16.4 Å². The molecule has 4 rings (SSSR count). The molecule has 0 aliphatic heterocycles. The van der Waals surface area contributed by atoms with E-state index in [4.69, 9.17) is 23.2 Å². The molecule has 0 atom stereocenters. The van der Waals surface area contributed by atoms with Crippen LogP contribution < -0.4 is 16.0 Å². The molecule has 4 aromatic carbocycles. The van der Waals surface area contributed by atoms with E-state index >= 15 is 0 Å². The van der Waals surface area contributed by atoms with Crippen LogP contribution in [0.25, 0.3) is 6.08 Å². The number of thioether (sulfide) groups is 1. The van der Waals surface area contributed by atoms with Gasteiger partial charge in [-0.3, -0.25) is 14.4 Å². The molecular weight excluding hydrogens is 553 g/mol. The lowest BCUT2D eigenvalue weighted by molar-refractivity contribution is -0.114. The molecule has 0 aliphatic carbocycles. The van der Waals surface area contributed by atoms with Gasteiger partial charge in [0.05, 0.1) is 5.75 Å². The van der Waals surface area contributed by atoms with Crippen molar-refractivity contribution in [2.24, 2.45) is 0 Å². The molecule has 4 aromatic rings. The summed E-state index contributed by atoms with van der Waals surface area (Å²) < 4.78 is 0. The Morgan fingerprint density at radius 1 is 0.744 bits per heavy atom. The molecule has 9 heteroatoms. The van der Waals surface area contributed by atoms with Crippen molar-refractivity contribution in [3.63, 3.8) is 0 Å². The van der Waals surface area contributed by atoms with Crippen molar-refractivity contribution in [3.05, 3.63) is 130 Å². The average Bonchev–Trinajstić information content (AvgIpc) is 2.94. The molecule has 0 saturated carbocycles. The summed E-state index contributed by atoms with van der Waals surface area (Å²) in [5, 5.41) is 9.10. The molecule has 3 amide bonds. The number of hydrogen-bond acceptors (Lipinski definition) is 4. The maximum Gasteiger partial charge on any atom is 0.272 e. The van der Waals surface area contributed by atoms with Gasteiger partial charge >= 0.3 is 0 Å². The second kappa shape index (κ2) is 13.7. The Balaban J connectivity index is 1.43. The molecule has 0 fully saturated rings. The van der Waals surface area contributed by atoms with Gasteiger partial charge in [0.15, 0.2) is 0 Å². The number of anilines is 2. The molecule has 0 unspecified atom stereocenters. The van der Waals surface area contributed by atoms with Crippen LogP contribution in [0.4, 0.5) is 11.4 Å². The Kier molecular flexibility index (Phi) is 9.80. The van der Waals surface area contributed by atoms with E-state index in [0.717, 1.165) is 10.6 Å². The van der Waals surface area contributed by atoms with Crippen LogP contribution in [0.3, 0.4) is 0 Å². The van der Waals surface area contributed by atoms with E-state index in [1.165, 1.54) is 17.8 Å². The number of rotatable bonds is 9. The van der Waals surface area contributed by atoms with Crippen LogP contribution in [0, 0.1) is 0 Å². The predicted molar refractivity (Wildman–Crippen MR) is 159 cm³/mol. The molecule has 6 nitrogen and oxygen atoms in total. The van der Waals surface area contributed by atoms with Gasteiger partial charge in [0, 0.05) is 31.9 Å². The third-order valence-electron chi connectivity index (χ3n) is 5.33. The van der Waals surface area contributed by atoms with Gasteiger partial charge in [-0.05, 0) is 72.3 Å². The highest BCUT2D eigenvalue weighted by Gasteiger charge is 2.16. The standard InChI is InChI=1S/C30H23Cl2N3O3S/c31-22-12-11-21(26(32)18-22)17-27(35-29(37)20-7-3-1-4-8-20)30(38)34-24-13-15-25(16-14-24)39-19-28(36)33-23-9-5-2-6-10-23/h1-18H,19H2,(H,33,36)(H,34,38)(H,35,37)/b27-17-. The normalized spacial score (nSPS) is 11.0. The van der Waals surface area contributed by atoms with Crippen molar-refractivity contribution in [1.29, 1.82) is 0 Å². The van der Waals surface area contributed by atoms with Gasteiger partial charge in [-0.25, -0.2) is 0 Å². The molecule has 0 spiro atoms. The first-order chi connectivity index (χ1) is 18.9. The Hall–Kier alpha value is -4.04. The smallest absolute Gasteiger partial charge is 0.272 e. The minimum absolute atomic E-state index is 0.00381. The zero-order chi connectivity index (χ0) is 27.6. The Labute approximate surface area is 240 Å². The first-order valence-electron chi connectivity index (χ1n) is 11.8. The topological polar surface area (TPSA) is 87.3 Å². The molecule has 0 aliphatic rings. The van der Waals surface area contributed by atoms with Crippen molar-refractivity contribution in [2.45, 2.75) is 4.90 Å². The number of benzene rings is 4. The molecule has 39 heavy (non-hydrogen) atoms. The van der Waals surface area contributed by atoms with E-state index in [9.17, 15) is 14.4 Å². The third kappa shape index (κ3) is 8.48. The van der Waals surface area contributed by atoms with Crippen LogP contribution in [-0.4, -0.2) is 23.5 Å². The summed E-state index contributed by atoms with van der Waals surface area (Å²) >= 11 is 13.7. The van der Waals surface area contributed by atoms with Gasteiger partial charge in [-0.15, -0.1) is 11.8 Å². The first-order valence-corrected chi connectivity index (χ1v) is 13.5. The second-order valence-electron chi connectivity index (χ2n) is 8.23. The van der Waals surface area contributed by atoms with E-state index in [-0.39, 0.29) is 17.4 Å². The quantitative estimate of drug-likeness (QED) is 0.146. The molecule has 0 aromatic heterocycles. The minimum Gasteiger partial charge on any atom is -0.325 e. The number of amides is 3. The van der Waals surface area contributed by atoms with E-state index < -0.39 is 11.8 Å². The van der Waals surface area contributed by atoms with Crippen LogP contribution in [-0.2, 0) is 9.59 Å². The van der Waals surface area contributed by atoms with Crippen LogP contribution in [0.1, 0.15) is 15.9 Å². The van der Waals surface area contributed by atoms with Gasteiger partial charge < -0.3 is 16.0 Å². The molecule has 196 valence electrons. The van der Waals surface area contributed by atoms with Crippen molar-refractivity contribution in [3.8, 4) is 0 Å². The van der Waals surface area contributed by atoms with Gasteiger partial charge in [0.25, 0.3) is 11.8 Å². The number of halogens is 2. The summed E-state index contributed by atoms with van der Waals surface area (Å²) in [6.07, 6.45) is 1.49. The zero-order valence-corrected chi connectivity index (χ0v) is 22.8. The van der Waals surface area contributed by atoms with E-state index in [2.05, 4.69) is 16.0 Å². The summed E-state index contributed by atoms with van der Waals surface area (Å²) in [6, 6.07) is 29.7. The highest BCUT2D eigenvalue weighted by atomic mass is 35.5. The van der Waals surface area contributed by atoms with Gasteiger partial charge in [-0.1, -0.05) is 65.7 Å². The summed E-state index contributed by atoms with van der Waals surface area (Å²) in [4.78, 5) is 39.1. The Morgan fingerprint density at radius 2 is 1.38 bits per heavy atom. The van der Waals surface area contributed by atoms with Crippen molar-refractivity contribution in [1.82, 2.24) is 5.32 Å². The molecule has 0 heterocycles. The molecule has 0 saturated heterocycles. The number of carbonyl (C=O) groups is 3. The lowest BCUT2D eigenvalue weighted by Gasteiger charge is -2.12. The fraction of sp³-hybridized carbons (Fsp3) is 0.0333. The molecule has 0 bridgehead atoms. The number of nitrogens with one attached hydrogen (secondary N) is 3. The van der Waals surface area contributed by atoms with Crippen LogP contribution in [0.15, 0.2) is 114 Å². The summed E-state index contributed by atoms with van der Waals surface area (Å²) in [7, 11) is 0. The van der Waals surface area contributed by atoms with Crippen molar-refractivity contribution >= 4 is 70.1 Å². The minimum atomic E-state index is -0.534. The summed E-state index contributed by atoms with van der Waals surface area (Å²) in [5.41, 5.74) is 2.17. The maximum atomic E-state index is 13.2. The number of hydrogen-bond donors (Lipinski definition) is 3. The van der Waals surface area contributed by atoms with E-state index in [1.807, 2.05) is 30.3 Å². The highest BCUT2D eigenvalue weighted by Crippen LogP contribution is 2.24. The Bertz CT molecular complexity index is 1500. The molecule has 3 N–H and O–H groups in total. The summed E-state index contributed by atoms with van der Waals surface area (Å²) in [5.74, 6) is -0.857. The highest BCUT2D eigenvalue weighted by molar-refractivity contribution is 8.00. The third-order valence-corrected chi connectivity index (χ3v) is 6.91. The number of carbonyl (C=O) groups excluding carboxylic acids is 3. The van der Waals surface area contributed by atoms with Gasteiger partial charge in [0.2, 0.25) is 5.91 Å². The lowest BCUT2D eigenvalue weighted by Crippen LogP contribution is -2.30. The molecular formula is C30H23Cl2N3O3S. The number of para-hydroxylation sites is 1. The average molecular weight is 577 g/mol. The van der Waals surface area contributed by atoms with Crippen LogP contribution in [0.2, 0.25) is 10.0 Å². The van der Waals surface area contributed by atoms with Gasteiger partial charge in [0.1, 0.15) is 5.70 Å². The largest absolute Gasteiger partial charge is 0.325 e. The Morgan fingerprint density at radius 3 is 2.05 bits per heavy atom. The second-order valence-corrected chi connectivity index (χ2v) is 10.1. The predicted octanol–water partition coefficient (Wildman–Crippen LogP) is 7.13. The van der Waals surface area contributed by atoms with Crippen molar-refractivity contribution < 1.29 is 14.4 Å². The van der Waals surface area contributed by atoms with Crippen LogP contribution >= 0.6 is 35.0 Å². The van der Waals surface area contributed by atoms with E-state index in [0.29, 0.717) is 26.9 Å². The fourth-order valence-corrected chi connectivity index (χ4v) is 4.58. The zero-order valence-electron chi connectivity index (χ0n) is 20.5. The lowest BCUT2D eigenvalue weighted by atomic mass is 10.1. The maximum absolute atomic E-state index is 13.2. The first kappa shape index (κ1) is 28.0. The summed E-state index contributed by atoms with van der Waals surface area (Å²) in [6.45, 7) is 0. The van der Waals surface area contributed by atoms with Gasteiger partial charge in [-0.2, -0.15) is 0 Å². The SMILES string of the molecule is O=C(CSc1ccc(NC(=O)/C(=C/c2ccc(Cl)cc2Cl)NC(=O)c2ccccc2)cc1)Nc1ccccc1. The van der Waals surface area contributed by atoms with E-state index in [1.54, 1.807) is 72.8 Å². The monoisotopic (exact) mass is 575 g/mol. The molecule has 0 radical (unpaired) electrons. The fourth-order valence-electron chi connectivity index (χ4n) is 3.42.